The van der Waals surface area contributed by atoms with E-state index in [1.165, 1.54) is 6.07 Å². The molecule has 0 spiro atoms. The minimum Gasteiger partial charge on any atom is -0.319 e. The Bertz CT molecular complexity index is 471. The average molecular weight is 240 g/mol. The van der Waals surface area contributed by atoms with Crippen molar-refractivity contribution in [2.45, 2.75) is 6.92 Å². The van der Waals surface area contributed by atoms with Gasteiger partial charge in [-0.15, -0.1) is 0 Å². The van der Waals surface area contributed by atoms with E-state index >= 15 is 0 Å². The number of nitrogens with zero attached hydrogens (tertiary/aromatic N) is 2. The third-order valence-corrected chi connectivity index (χ3v) is 1.66. The molecule has 17 heavy (non-hydrogen) atoms. The summed E-state index contributed by atoms with van der Waals surface area (Å²) < 4.78 is 0. The number of aromatic amines is 1. The number of anilines is 1. The number of carbonyl (C=O) groups excluding carboxylic acids is 2. The standard InChI is InChI=1S/C8H12N6O3/c1-5-2-6(16)12-7(11-5)13-8(17)10-3-14(9)4-15/h2,4H,3,9H2,1H3,(H3,10,11,12,13,16,17). The molecule has 9 nitrogen and oxygen atoms in total. The highest BCUT2D eigenvalue weighted by Gasteiger charge is 2.04. The molecule has 0 saturated heterocycles. The predicted octanol–water partition coefficient (Wildman–Crippen LogP) is -1.51. The van der Waals surface area contributed by atoms with Crippen molar-refractivity contribution >= 4 is 18.4 Å². The zero-order valence-electron chi connectivity index (χ0n) is 9.06. The molecule has 1 aromatic heterocycles. The van der Waals surface area contributed by atoms with Crippen molar-refractivity contribution in [2.75, 3.05) is 12.0 Å². The molecule has 0 aliphatic carbocycles. The predicted molar refractivity (Wildman–Crippen MR) is 58.7 cm³/mol. The van der Waals surface area contributed by atoms with E-state index in [2.05, 4.69) is 20.6 Å². The van der Waals surface area contributed by atoms with Crippen molar-refractivity contribution in [3.8, 4) is 0 Å². The Hall–Kier alpha value is -2.42. The summed E-state index contributed by atoms with van der Waals surface area (Å²) in [6, 6.07) is 0.646. The fraction of sp³-hybridized carbons (Fsp3) is 0.250. The first-order valence-electron chi connectivity index (χ1n) is 4.60. The fourth-order valence-electron chi connectivity index (χ4n) is 0.990. The van der Waals surface area contributed by atoms with E-state index in [1.54, 1.807) is 6.92 Å². The Balaban J connectivity index is 2.56. The minimum absolute atomic E-state index is 0.0159. The lowest BCUT2D eigenvalue weighted by molar-refractivity contribution is -0.118. The summed E-state index contributed by atoms with van der Waals surface area (Å²) in [5.41, 5.74) is 0.0959. The maximum absolute atomic E-state index is 11.3. The molecule has 3 amide bonds. The van der Waals surface area contributed by atoms with Crippen LogP contribution in [-0.2, 0) is 4.79 Å². The summed E-state index contributed by atoms with van der Waals surface area (Å²) in [7, 11) is 0. The first kappa shape index (κ1) is 12.6. The van der Waals surface area contributed by atoms with Crippen LogP contribution in [0.3, 0.4) is 0 Å². The third-order valence-electron chi connectivity index (χ3n) is 1.66. The van der Waals surface area contributed by atoms with E-state index < -0.39 is 6.03 Å². The molecule has 1 aromatic rings. The maximum Gasteiger partial charge on any atom is 0.323 e. The second kappa shape index (κ2) is 5.61. The summed E-state index contributed by atoms with van der Waals surface area (Å²) in [4.78, 5) is 38.7. The zero-order chi connectivity index (χ0) is 12.8. The summed E-state index contributed by atoms with van der Waals surface area (Å²) in [6.45, 7) is 1.46. The molecule has 0 aliphatic rings. The molecule has 92 valence electrons. The number of nitrogens with one attached hydrogen (secondary N) is 3. The van der Waals surface area contributed by atoms with Gasteiger partial charge in [0.1, 0.15) is 6.67 Å². The van der Waals surface area contributed by atoms with Crippen LogP contribution in [0.1, 0.15) is 5.69 Å². The van der Waals surface area contributed by atoms with Crippen molar-refractivity contribution in [1.82, 2.24) is 20.3 Å². The SMILES string of the molecule is Cc1cc(=O)[nH]c(NC(=O)NCN(N)C=O)n1. The van der Waals surface area contributed by atoms with Gasteiger partial charge >= 0.3 is 6.03 Å². The number of rotatable bonds is 4. The molecule has 0 atom stereocenters. The highest BCUT2D eigenvalue weighted by Crippen LogP contribution is 1.94. The van der Waals surface area contributed by atoms with Crippen molar-refractivity contribution in [2.24, 2.45) is 5.84 Å². The number of aryl methyl sites for hydroxylation is 1. The number of amides is 3. The number of hydrogen-bond acceptors (Lipinski definition) is 5. The first-order valence-corrected chi connectivity index (χ1v) is 4.60. The van der Waals surface area contributed by atoms with Gasteiger partial charge in [-0.3, -0.25) is 24.9 Å². The number of nitrogens with two attached hydrogens (primary N) is 1. The Morgan fingerprint density at radius 3 is 3.00 bits per heavy atom. The van der Waals surface area contributed by atoms with Crippen LogP contribution in [0.15, 0.2) is 10.9 Å². The van der Waals surface area contributed by atoms with E-state index in [0.29, 0.717) is 12.1 Å². The summed E-state index contributed by atoms with van der Waals surface area (Å²) >= 11 is 0. The summed E-state index contributed by atoms with van der Waals surface area (Å²) in [6.07, 6.45) is 0.354. The van der Waals surface area contributed by atoms with Crippen LogP contribution < -0.4 is 22.0 Å². The number of aromatic nitrogens is 2. The van der Waals surface area contributed by atoms with Crippen LogP contribution in [-0.4, -0.2) is 34.1 Å². The van der Waals surface area contributed by atoms with E-state index in [9.17, 15) is 14.4 Å². The minimum atomic E-state index is -0.643. The van der Waals surface area contributed by atoms with Gasteiger partial charge in [-0.2, -0.15) is 0 Å². The quantitative estimate of drug-likeness (QED) is 0.167. The van der Waals surface area contributed by atoms with Gasteiger partial charge in [0.2, 0.25) is 12.4 Å². The van der Waals surface area contributed by atoms with E-state index in [-0.39, 0.29) is 18.2 Å². The summed E-state index contributed by atoms with van der Waals surface area (Å²) in [5.74, 6) is 5.13. The Morgan fingerprint density at radius 2 is 2.41 bits per heavy atom. The topological polar surface area (TPSA) is 133 Å². The van der Waals surface area contributed by atoms with Crippen LogP contribution >= 0.6 is 0 Å². The van der Waals surface area contributed by atoms with E-state index in [4.69, 9.17) is 5.84 Å². The van der Waals surface area contributed by atoms with E-state index in [1.807, 2.05) is 0 Å². The smallest absolute Gasteiger partial charge is 0.319 e. The van der Waals surface area contributed by atoms with Gasteiger partial charge in [0.05, 0.1) is 0 Å². The van der Waals surface area contributed by atoms with Crippen LogP contribution in [0.25, 0.3) is 0 Å². The molecule has 0 aromatic carbocycles. The molecule has 1 heterocycles. The largest absolute Gasteiger partial charge is 0.323 e. The molecule has 9 heteroatoms. The molecule has 0 saturated carbocycles. The van der Waals surface area contributed by atoms with Crippen LogP contribution in [0.2, 0.25) is 0 Å². The van der Waals surface area contributed by atoms with Crippen LogP contribution in [0.4, 0.5) is 10.7 Å². The van der Waals surface area contributed by atoms with Gasteiger partial charge in [-0.1, -0.05) is 0 Å². The maximum atomic E-state index is 11.3. The van der Waals surface area contributed by atoms with Gasteiger partial charge in [0, 0.05) is 11.8 Å². The molecule has 0 fully saturated rings. The lowest BCUT2D eigenvalue weighted by Crippen LogP contribution is -2.42. The Kier molecular flexibility index (Phi) is 4.17. The number of H-pyrrole nitrogens is 1. The molecule has 5 N–H and O–H groups in total. The van der Waals surface area contributed by atoms with Crippen molar-refractivity contribution in [3.05, 3.63) is 22.1 Å². The van der Waals surface area contributed by atoms with Gasteiger partial charge < -0.3 is 5.32 Å². The lowest BCUT2D eigenvalue weighted by atomic mass is 10.4. The van der Waals surface area contributed by atoms with Crippen LogP contribution in [0, 0.1) is 6.92 Å². The van der Waals surface area contributed by atoms with Crippen LogP contribution in [0.5, 0.6) is 0 Å². The number of hydrazine groups is 1. The Morgan fingerprint density at radius 1 is 1.71 bits per heavy atom. The van der Waals surface area contributed by atoms with Crippen molar-refractivity contribution in [3.63, 3.8) is 0 Å². The number of urea groups is 1. The van der Waals surface area contributed by atoms with Gasteiger partial charge in [0.15, 0.2) is 0 Å². The van der Waals surface area contributed by atoms with Gasteiger partial charge in [-0.25, -0.2) is 15.6 Å². The second-order valence-corrected chi connectivity index (χ2v) is 3.14. The lowest BCUT2D eigenvalue weighted by Gasteiger charge is -2.11. The first-order chi connectivity index (χ1) is 8.01. The van der Waals surface area contributed by atoms with Gasteiger partial charge in [-0.05, 0) is 6.92 Å². The van der Waals surface area contributed by atoms with Crippen molar-refractivity contribution < 1.29 is 9.59 Å². The van der Waals surface area contributed by atoms with Gasteiger partial charge in [0.25, 0.3) is 5.56 Å². The molecular formula is C8H12N6O3. The van der Waals surface area contributed by atoms with Crippen molar-refractivity contribution in [1.29, 1.82) is 0 Å². The molecule has 0 unspecified atom stereocenters. The summed E-state index contributed by atoms with van der Waals surface area (Å²) in [5, 5.41) is 5.31. The highest BCUT2D eigenvalue weighted by molar-refractivity contribution is 5.87. The number of hydrogen-bond donors (Lipinski definition) is 4. The normalized spacial score (nSPS) is 9.53. The Labute approximate surface area is 96.0 Å². The average Bonchev–Trinajstić information content (AvgIpc) is 2.24. The second-order valence-electron chi connectivity index (χ2n) is 3.14. The van der Waals surface area contributed by atoms with E-state index in [0.717, 1.165) is 5.01 Å². The number of carbonyl (C=O) groups is 2. The molecule has 1 rings (SSSR count). The molecule has 0 radical (unpaired) electrons. The molecule has 0 aliphatic heterocycles. The monoisotopic (exact) mass is 240 g/mol. The fourth-order valence-corrected chi connectivity index (χ4v) is 0.990. The third kappa shape index (κ3) is 4.30. The molecule has 0 bridgehead atoms. The molecular weight excluding hydrogens is 228 g/mol. The zero-order valence-corrected chi connectivity index (χ0v) is 9.06. The highest BCUT2D eigenvalue weighted by atomic mass is 16.2.